The highest BCUT2D eigenvalue weighted by Gasteiger charge is 2.28. The third-order valence-corrected chi connectivity index (χ3v) is 4.55. The molecule has 0 radical (unpaired) electrons. The highest BCUT2D eigenvalue weighted by Crippen LogP contribution is 2.38. The topological polar surface area (TPSA) is 58.3 Å². The standard InChI is InChI=1S/C17H23N5O/c1-12-10-16(19-17(18-12)14-3-4-14)22-7-5-21(6-8-22)11-15-9-13(2)20-23-15/h9-10,14H,3-8,11H2,1-2H3. The molecule has 0 bridgehead atoms. The molecule has 0 N–H and O–H groups in total. The number of aromatic nitrogens is 3. The fraction of sp³-hybridized carbons (Fsp3) is 0.588. The predicted molar refractivity (Wildman–Crippen MR) is 87.5 cm³/mol. The van der Waals surface area contributed by atoms with Crippen molar-refractivity contribution < 1.29 is 4.52 Å². The van der Waals surface area contributed by atoms with E-state index < -0.39 is 0 Å². The summed E-state index contributed by atoms with van der Waals surface area (Å²) in [6.07, 6.45) is 2.49. The molecule has 1 aliphatic carbocycles. The van der Waals surface area contributed by atoms with Crippen LogP contribution in [0.4, 0.5) is 5.82 Å². The summed E-state index contributed by atoms with van der Waals surface area (Å²) in [5.74, 6) is 3.68. The van der Waals surface area contributed by atoms with Crippen molar-refractivity contribution in [3.05, 3.63) is 35.1 Å². The maximum Gasteiger partial charge on any atom is 0.150 e. The zero-order valence-corrected chi connectivity index (χ0v) is 13.8. The van der Waals surface area contributed by atoms with Crippen molar-refractivity contribution in [1.82, 2.24) is 20.0 Å². The zero-order valence-electron chi connectivity index (χ0n) is 13.8. The normalized spacial score (nSPS) is 19.3. The molecule has 0 unspecified atom stereocenters. The molecule has 0 atom stereocenters. The molecule has 23 heavy (non-hydrogen) atoms. The van der Waals surface area contributed by atoms with Gasteiger partial charge in [-0.05, 0) is 26.7 Å². The first-order valence-electron chi connectivity index (χ1n) is 8.42. The number of rotatable bonds is 4. The lowest BCUT2D eigenvalue weighted by molar-refractivity contribution is 0.219. The maximum atomic E-state index is 5.32. The smallest absolute Gasteiger partial charge is 0.150 e. The molecule has 0 amide bonds. The monoisotopic (exact) mass is 313 g/mol. The number of aryl methyl sites for hydroxylation is 2. The lowest BCUT2D eigenvalue weighted by Crippen LogP contribution is -2.46. The number of piperazine rings is 1. The second-order valence-corrected chi connectivity index (χ2v) is 6.70. The van der Waals surface area contributed by atoms with Crippen molar-refractivity contribution in [2.75, 3.05) is 31.1 Å². The molecular formula is C17H23N5O. The van der Waals surface area contributed by atoms with Gasteiger partial charge >= 0.3 is 0 Å². The second kappa shape index (κ2) is 5.92. The van der Waals surface area contributed by atoms with Gasteiger partial charge in [0.25, 0.3) is 0 Å². The van der Waals surface area contributed by atoms with E-state index in [2.05, 4.69) is 32.9 Å². The van der Waals surface area contributed by atoms with Gasteiger partial charge in [0.1, 0.15) is 11.6 Å². The van der Waals surface area contributed by atoms with Crippen molar-refractivity contribution in [3.63, 3.8) is 0 Å². The van der Waals surface area contributed by atoms with E-state index in [1.54, 1.807) is 0 Å². The van der Waals surface area contributed by atoms with Crippen LogP contribution in [-0.2, 0) is 6.54 Å². The largest absolute Gasteiger partial charge is 0.360 e. The summed E-state index contributed by atoms with van der Waals surface area (Å²) in [6, 6.07) is 4.13. The van der Waals surface area contributed by atoms with Gasteiger partial charge in [-0.15, -0.1) is 0 Å². The summed E-state index contributed by atoms with van der Waals surface area (Å²) < 4.78 is 5.32. The van der Waals surface area contributed by atoms with Crippen LogP contribution in [0.25, 0.3) is 0 Å². The molecular weight excluding hydrogens is 290 g/mol. The van der Waals surface area contributed by atoms with E-state index in [0.29, 0.717) is 5.92 Å². The fourth-order valence-corrected chi connectivity index (χ4v) is 3.11. The summed E-state index contributed by atoms with van der Waals surface area (Å²) in [6.45, 7) is 8.88. The minimum Gasteiger partial charge on any atom is -0.360 e. The number of hydrogen-bond donors (Lipinski definition) is 0. The van der Waals surface area contributed by atoms with Gasteiger partial charge in [-0.2, -0.15) is 0 Å². The Kier molecular flexibility index (Phi) is 3.77. The third kappa shape index (κ3) is 3.37. The Morgan fingerprint density at radius 3 is 2.48 bits per heavy atom. The molecule has 1 saturated carbocycles. The summed E-state index contributed by atoms with van der Waals surface area (Å²) in [5.41, 5.74) is 2.03. The third-order valence-electron chi connectivity index (χ3n) is 4.55. The van der Waals surface area contributed by atoms with Crippen LogP contribution in [0.3, 0.4) is 0 Å². The van der Waals surface area contributed by atoms with Gasteiger partial charge in [-0.3, -0.25) is 4.90 Å². The maximum absolute atomic E-state index is 5.32. The van der Waals surface area contributed by atoms with E-state index in [4.69, 9.17) is 9.51 Å². The Labute approximate surface area is 136 Å². The van der Waals surface area contributed by atoms with E-state index in [1.165, 1.54) is 12.8 Å². The van der Waals surface area contributed by atoms with E-state index in [0.717, 1.165) is 61.5 Å². The average molecular weight is 313 g/mol. The van der Waals surface area contributed by atoms with Crippen molar-refractivity contribution in [2.24, 2.45) is 0 Å². The van der Waals surface area contributed by atoms with Crippen molar-refractivity contribution >= 4 is 5.82 Å². The van der Waals surface area contributed by atoms with Crippen molar-refractivity contribution in [2.45, 2.75) is 39.2 Å². The van der Waals surface area contributed by atoms with Crippen LogP contribution in [0, 0.1) is 13.8 Å². The van der Waals surface area contributed by atoms with Gasteiger partial charge < -0.3 is 9.42 Å². The number of anilines is 1. The van der Waals surface area contributed by atoms with Gasteiger partial charge in [0.2, 0.25) is 0 Å². The molecule has 122 valence electrons. The van der Waals surface area contributed by atoms with Crippen LogP contribution in [0.1, 0.15) is 41.7 Å². The van der Waals surface area contributed by atoms with Gasteiger partial charge in [0.15, 0.2) is 5.76 Å². The summed E-state index contributed by atoms with van der Waals surface area (Å²) in [7, 11) is 0. The van der Waals surface area contributed by atoms with Gasteiger partial charge in [0.05, 0.1) is 12.2 Å². The molecule has 6 heteroatoms. The summed E-state index contributed by atoms with van der Waals surface area (Å²) in [5, 5.41) is 3.96. The molecule has 2 fully saturated rings. The molecule has 3 heterocycles. The first kappa shape index (κ1) is 14.6. The minimum atomic E-state index is 0.602. The Balaban J connectivity index is 1.39. The summed E-state index contributed by atoms with van der Waals surface area (Å²) in [4.78, 5) is 14.2. The van der Waals surface area contributed by atoms with Crippen LogP contribution < -0.4 is 4.90 Å². The second-order valence-electron chi connectivity index (χ2n) is 6.70. The highest BCUT2D eigenvalue weighted by atomic mass is 16.5. The first-order chi connectivity index (χ1) is 11.2. The molecule has 2 aromatic rings. The van der Waals surface area contributed by atoms with Gasteiger partial charge in [-0.1, -0.05) is 5.16 Å². The first-order valence-corrected chi connectivity index (χ1v) is 8.42. The summed E-state index contributed by atoms with van der Waals surface area (Å²) >= 11 is 0. The van der Waals surface area contributed by atoms with Crippen LogP contribution in [0.15, 0.2) is 16.7 Å². The minimum absolute atomic E-state index is 0.602. The Bertz CT molecular complexity index is 686. The predicted octanol–water partition coefficient (Wildman–Crippen LogP) is 2.28. The van der Waals surface area contributed by atoms with Crippen LogP contribution >= 0.6 is 0 Å². The molecule has 1 saturated heterocycles. The Hall–Kier alpha value is -1.95. The van der Waals surface area contributed by atoms with Crippen LogP contribution in [0.2, 0.25) is 0 Å². The van der Waals surface area contributed by atoms with Gasteiger partial charge in [0, 0.05) is 49.9 Å². The quantitative estimate of drug-likeness (QED) is 0.863. The lowest BCUT2D eigenvalue weighted by atomic mass is 10.2. The van der Waals surface area contributed by atoms with Crippen LogP contribution in [0.5, 0.6) is 0 Å². The Morgan fingerprint density at radius 2 is 1.83 bits per heavy atom. The molecule has 4 rings (SSSR count). The molecule has 2 aliphatic rings. The highest BCUT2D eigenvalue weighted by molar-refractivity contribution is 5.41. The van der Waals surface area contributed by atoms with Crippen LogP contribution in [-0.4, -0.2) is 46.2 Å². The molecule has 0 aromatic carbocycles. The van der Waals surface area contributed by atoms with Crippen molar-refractivity contribution in [3.8, 4) is 0 Å². The number of nitrogens with zero attached hydrogens (tertiary/aromatic N) is 5. The van der Waals surface area contributed by atoms with Gasteiger partial charge in [-0.25, -0.2) is 9.97 Å². The number of hydrogen-bond acceptors (Lipinski definition) is 6. The molecule has 6 nitrogen and oxygen atoms in total. The van der Waals surface area contributed by atoms with E-state index in [1.807, 2.05) is 13.0 Å². The van der Waals surface area contributed by atoms with Crippen molar-refractivity contribution in [1.29, 1.82) is 0 Å². The molecule has 1 aliphatic heterocycles. The van der Waals surface area contributed by atoms with E-state index in [-0.39, 0.29) is 0 Å². The Morgan fingerprint density at radius 1 is 1.04 bits per heavy atom. The SMILES string of the molecule is Cc1cc(CN2CCN(c3cc(C)nc(C4CC4)n3)CC2)on1. The average Bonchev–Trinajstić information content (AvgIpc) is 3.31. The fourth-order valence-electron chi connectivity index (χ4n) is 3.11. The lowest BCUT2D eigenvalue weighted by Gasteiger charge is -2.35. The van der Waals surface area contributed by atoms with E-state index >= 15 is 0 Å². The molecule has 0 spiro atoms. The zero-order chi connectivity index (χ0) is 15.8. The van der Waals surface area contributed by atoms with E-state index in [9.17, 15) is 0 Å². The molecule has 2 aromatic heterocycles.